The first kappa shape index (κ1) is 15.0. The summed E-state index contributed by atoms with van der Waals surface area (Å²) in [7, 11) is 0. The van der Waals surface area contributed by atoms with Crippen molar-refractivity contribution in [3.8, 4) is 0 Å². The lowest BCUT2D eigenvalue weighted by Gasteiger charge is -2.37. The number of nitrogens with zero attached hydrogens (tertiary/aromatic N) is 2. The van der Waals surface area contributed by atoms with Crippen molar-refractivity contribution in [2.45, 2.75) is 19.4 Å². The monoisotopic (exact) mass is 405 g/mol. The number of nitro benzene ring substituents is 1. The Labute approximate surface area is 136 Å². The van der Waals surface area contributed by atoms with Gasteiger partial charge in [-0.3, -0.25) is 10.1 Å². The SMILES string of the molecule is CC1(C)C2CNCC2CN1c1cc(F)c(I)cc1[N+](=O)[O-]. The molecular formula is C14H17FIN3O2. The van der Waals surface area contributed by atoms with Gasteiger partial charge in [-0.25, -0.2) is 4.39 Å². The van der Waals surface area contributed by atoms with Crippen LogP contribution in [0.5, 0.6) is 0 Å². The zero-order valence-corrected chi connectivity index (χ0v) is 14.1. The van der Waals surface area contributed by atoms with E-state index in [9.17, 15) is 14.5 Å². The molecule has 2 atom stereocenters. The number of benzene rings is 1. The topological polar surface area (TPSA) is 58.4 Å². The maximum Gasteiger partial charge on any atom is 0.293 e. The second-order valence-corrected chi connectivity index (χ2v) is 7.46. The number of nitrogens with one attached hydrogen (secondary N) is 1. The Morgan fingerprint density at radius 3 is 2.81 bits per heavy atom. The van der Waals surface area contributed by atoms with E-state index in [1.165, 1.54) is 12.1 Å². The van der Waals surface area contributed by atoms with Crippen molar-refractivity contribution in [2.75, 3.05) is 24.5 Å². The number of fused-ring (bicyclic) bond motifs is 1. The third kappa shape index (κ3) is 2.30. The van der Waals surface area contributed by atoms with E-state index in [1.807, 2.05) is 4.90 Å². The van der Waals surface area contributed by atoms with E-state index >= 15 is 0 Å². The van der Waals surface area contributed by atoms with Crippen molar-refractivity contribution in [3.63, 3.8) is 0 Å². The lowest BCUT2D eigenvalue weighted by molar-refractivity contribution is -0.384. The standard InChI is InChI=1S/C14H17FIN3O2/c1-14(2)9-6-17-5-8(9)7-18(14)12-3-10(15)11(16)4-13(12)19(20)21/h3-4,8-9,17H,5-7H2,1-2H3. The van der Waals surface area contributed by atoms with Crippen LogP contribution >= 0.6 is 22.6 Å². The number of halogens is 2. The van der Waals surface area contributed by atoms with Crippen molar-refractivity contribution in [2.24, 2.45) is 11.8 Å². The summed E-state index contributed by atoms with van der Waals surface area (Å²) >= 11 is 1.79. The molecule has 0 aliphatic carbocycles. The van der Waals surface area contributed by atoms with Crippen LogP contribution in [0.25, 0.3) is 0 Å². The van der Waals surface area contributed by atoms with Crippen LogP contribution < -0.4 is 10.2 Å². The van der Waals surface area contributed by atoms with E-state index in [2.05, 4.69) is 19.2 Å². The van der Waals surface area contributed by atoms with Crippen LogP contribution in [0.3, 0.4) is 0 Å². The van der Waals surface area contributed by atoms with Crippen LogP contribution in [0, 0.1) is 31.3 Å². The molecular weight excluding hydrogens is 388 g/mol. The highest BCUT2D eigenvalue weighted by Crippen LogP contribution is 2.46. The third-order valence-corrected chi connectivity index (χ3v) is 5.69. The van der Waals surface area contributed by atoms with Gasteiger partial charge in [-0.2, -0.15) is 0 Å². The first-order valence-corrected chi connectivity index (χ1v) is 8.02. The minimum atomic E-state index is -0.417. The molecule has 0 bridgehead atoms. The molecule has 2 unspecified atom stereocenters. The van der Waals surface area contributed by atoms with Gasteiger partial charge < -0.3 is 10.2 Å². The number of rotatable bonds is 2. The van der Waals surface area contributed by atoms with E-state index in [1.54, 1.807) is 22.6 Å². The van der Waals surface area contributed by atoms with E-state index in [4.69, 9.17) is 0 Å². The summed E-state index contributed by atoms with van der Waals surface area (Å²) in [4.78, 5) is 12.9. The van der Waals surface area contributed by atoms with Crippen molar-refractivity contribution < 1.29 is 9.31 Å². The smallest absolute Gasteiger partial charge is 0.293 e. The van der Waals surface area contributed by atoms with E-state index < -0.39 is 10.7 Å². The molecule has 0 spiro atoms. The van der Waals surface area contributed by atoms with Gasteiger partial charge in [0.1, 0.15) is 11.5 Å². The fourth-order valence-electron chi connectivity index (χ4n) is 3.72. The van der Waals surface area contributed by atoms with Gasteiger partial charge in [0, 0.05) is 37.3 Å². The quantitative estimate of drug-likeness (QED) is 0.467. The predicted octanol–water partition coefficient (Wildman–Crippen LogP) is 2.77. The summed E-state index contributed by atoms with van der Waals surface area (Å²) in [5.74, 6) is 0.489. The summed E-state index contributed by atoms with van der Waals surface area (Å²) in [5.41, 5.74) is 0.164. The van der Waals surface area contributed by atoms with E-state index in [0.29, 0.717) is 17.5 Å². The number of hydrogen-bond donors (Lipinski definition) is 1. The minimum Gasteiger partial charge on any atom is -0.360 e. The Kier molecular flexibility index (Phi) is 3.59. The molecule has 0 aromatic heterocycles. The lowest BCUT2D eigenvalue weighted by atomic mass is 9.84. The molecule has 3 rings (SSSR count). The maximum atomic E-state index is 13.9. The summed E-state index contributed by atoms with van der Waals surface area (Å²) in [5, 5.41) is 14.7. The van der Waals surface area contributed by atoms with E-state index in [0.717, 1.165) is 19.6 Å². The zero-order chi connectivity index (χ0) is 15.4. The molecule has 0 amide bonds. The van der Waals surface area contributed by atoms with Gasteiger partial charge in [-0.1, -0.05) is 0 Å². The summed E-state index contributed by atoms with van der Waals surface area (Å²) < 4.78 is 14.2. The Morgan fingerprint density at radius 2 is 2.19 bits per heavy atom. The van der Waals surface area contributed by atoms with Gasteiger partial charge in [-0.05, 0) is 48.3 Å². The second-order valence-electron chi connectivity index (χ2n) is 6.30. The lowest BCUT2D eigenvalue weighted by Crippen LogP contribution is -2.44. The Bertz CT molecular complexity index is 608. The Morgan fingerprint density at radius 1 is 1.48 bits per heavy atom. The van der Waals surface area contributed by atoms with Crippen LogP contribution in [-0.4, -0.2) is 30.1 Å². The predicted molar refractivity (Wildman–Crippen MR) is 87.0 cm³/mol. The summed E-state index contributed by atoms with van der Waals surface area (Å²) in [6, 6.07) is 2.64. The van der Waals surface area contributed by atoms with Crippen molar-refractivity contribution in [3.05, 3.63) is 31.6 Å². The molecule has 1 aromatic rings. The molecule has 7 heteroatoms. The molecule has 5 nitrogen and oxygen atoms in total. The molecule has 114 valence electrons. The van der Waals surface area contributed by atoms with Crippen molar-refractivity contribution in [1.29, 1.82) is 0 Å². The zero-order valence-electron chi connectivity index (χ0n) is 11.9. The minimum absolute atomic E-state index is 0.0122. The van der Waals surface area contributed by atoms with Gasteiger partial charge in [0.25, 0.3) is 5.69 Å². The molecule has 2 aliphatic rings. The Balaban J connectivity index is 2.08. The molecule has 1 aromatic carbocycles. The van der Waals surface area contributed by atoms with Crippen LogP contribution in [0.1, 0.15) is 13.8 Å². The molecule has 0 saturated carbocycles. The average molecular weight is 405 g/mol. The van der Waals surface area contributed by atoms with Crippen LogP contribution in [0.4, 0.5) is 15.8 Å². The van der Waals surface area contributed by atoms with Crippen LogP contribution in [0.15, 0.2) is 12.1 Å². The number of hydrogen-bond acceptors (Lipinski definition) is 4. The molecule has 2 aliphatic heterocycles. The first-order valence-electron chi connectivity index (χ1n) is 6.94. The molecule has 2 heterocycles. The van der Waals surface area contributed by atoms with Crippen LogP contribution in [-0.2, 0) is 0 Å². The van der Waals surface area contributed by atoms with Gasteiger partial charge in [0.2, 0.25) is 0 Å². The van der Waals surface area contributed by atoms with Gasteiger partial charge in [0.05, 0.1) is 8.49 Å². The number of anilines is 1. The number of nitro groups is 1. The summed E-state index contributed by atoms with van der Waals surface area (Å²) in [6.45, 7) is 6.74. The van der Waals surface area contributed by atoms with Gasteiger partial charge in [0.15, 0.2) is 0 Å². The fraction of sp³-hybridized carbons (Fsp3) is 0.571. The molecule has 1 N–H and O–H groups in total. The average Bonchev–Trinajstić information content (AvgIpc) is 2.95. The molecule has 21 heavy (non-hydrogen) atoms. The summed E-state index contributed by atoms with van der Waals surface area (Å²) in [6.07, 6.45) is 0. The highest BCUT2D eigenvalue weighted by Gasteiger charge is 2.50. The molecule has 2 saturated heterocycles. The second kappa shape index (κ2) is 5.05. The van der Waals surface area contributed by atoms with Gasteiger partial charge in [-0.15, -0.1) is 0 Å². The highest BCUT2D eigenvalue weighted by atomic mass is 127. The van der Waals surface area contributed by atoms with E-state index in [-0.39, 0.29) is 14.8 Å². The van der Waals surface area contributed by atoms with Crippen LogP contribution in [0.2, 0.25) is 0 Å². The fourth-order valence-corrected chi connectivity index (χ4v) is 4.17. The molecule has 0 radical (unpaired) electrons. The maximum absolute atomic E-state index is 13.9. The Hall–Kier alpha value is -0.960. The van der Waals surface area contributed by atoms with Gasteiger partial charge >= 0.3 is 0 Å². The normalized spacial score (nSPS) is 27.0. The first-order chi connectivity index (χ1) is 9.82. The largest absolute Gasteiger partial charge is 0.360 e. The highest BCUT2D eigenvalue weighted by molar-refractivity contribution is 14.1. The van der Waals surface area contributed by atoms with Crippen molar-refractivity contribution in [1.82, 2.24) is 5.32 Å². The van der Waals surface area contributed by atoms with Crippen molar-refractivity contribution >= 4 is 34.0 Å². The third-order valence-electron chi connectivity index (χ3n) is 4.86. The molecule has 2 fully saturated rings.